The van der Waals surface area contributed by atoms with Crippen molar-refractivity contribution in [3.05, 3.63) is 10.4 Å². The number of esters is 1. The molecule has 0 aromatic rings. The fourth-order valence-corrected chi connectivity index (χ4v) is 0.591. The van der Waals surface area contributed by atoms with Crippen molar-refractivity contribution < 1.29 is 9.53 Å². The summed E-state index contributed by atoms with van der Waals surface area (Å²) in [5.74, 6) is -0.244. The van der Waals surface area contributed by atoms with E-state index in [0.29, 0.717) is 26.1 Å². The molecule has 0 bridgehead atoms. The molecule has 0 heterocycles. The zero-order chi connectivity index (χ0) is 9.23. The SMILES string of the molecule is COC(=O)CCNCCN=[N+]=[N-]. The second-order valence-electron chi connectivity index (χ2n) is 2.03. The van der Waals surface area contributed by atoms with Crippen LogP contribution in [0.1, 0.15) is 6.42 Å². The van der Waals surface area contributed by atoms with Crippen LogP contribution in [0.5, 0.6) is 0 Å². The monoisotopic (exact) mass is 172 g/mol. The molecule has 68 valence electrons. The Bertz CT molecular complexity index is 176. The van der Waals surface area contributed by atoms with Crippen LogP contribution in [0.25, 0.3) is 10.4 Å². The van der Waals surface area contributed by atoms with Gasteiger partial charge >= 0.3 is 5.97 Å². The third kappa shape index (κ3) is 6.85. The summed E-state index contributed by atoms with van der Waals surface area (Å²) in [6.45, 7) is 1.53. The first-order valence-electron chi connectivity index (χ1n) is 3.59. The van der Waals surface area contributed by atoms with Crippen LogP contribution in [0.4, 0.5) is 0 Å². The molecule has 6 nitrogen and oxygen atoms in total. The summed E-state index contributed by atoms with van der Waals surface area (Å²) < 4.78 is 4.42. The Morgan fingerprint density at radius 1 is 1.67 bits per heavy atom. The standard InChI is InChI=1S/C6H12N4O2/c1-12-6(11)2-3-8-4-5-9-10-7/h8H,2-5H2,1H3. The van der Waals surface area contributed by atoms with E-state index in [-0.39, 0.29) is 5.97 Å². The summed E-state index contributed by atoms with van der Waals surface area (Å²) in [5.41, 5.74) is 7.91. The van der Waals surface area contributed by atoms with Crippen LogP contribution in [0, 0.1) is 0 Å². The Morgan fingerprint density at radius 3 is 3.00 bits per heavy atom. The first-order chi connectivity index (χ1) is 5.81. The molecule has 0 amide bonds. The van der Waals surface area contributed by atoms with Crippen molar-refractivity contribution in [2.45, 2.75) is 6.42 Å². The molecular weight excluding hydrogens is 160 g/mol. The largest absolute Gasteiger partial charge is 0.469 e. The highest BCUT2D eigenvalue weighted by Gasteiger charge is 1.96. The molecule has 0 aliphatic carbocycles. The lowest BCUT2D eigenvalue weighted by Gasteiger charge is -2.00. The van der Waals surface area contributed by atoms with E-state index in [1.54, 1.807) is 0 Å². The molecule has 0 spiro atoms. The van der Waals surface area contributed by atoms with Gasteiger partial charge in [0.2, 0.25) is 0 Å². The van der Waals surface area contributed by atoms with Gasteiger partial charge in [-0.2, -0.15) is 0 Å². The van der Waals surface area contributed by atoms with E-state index in [9.17, 15) is 4.79 Å². The fourth-order valence-electron chi connectivity index (χ4n) is 0.591. The maximum Gasteiger partial charge on any atom is 0.306 e. The van der Waals surface area contributed by atoms with Crippen LogP contribution in [0.3, 0.4) is 0 Å². The Morgan fingerprint density at radius 2 is 2.42 bits per heavy atom. The molecule has 12 heavy (non-hydrogen) atoms. The molecule has 0 saturated heterocycles. The number of nitrogens with zero attached hydrogens (tertiary/aromatic N) is 3. The van der Waals surface area contributed by atoms with Gasteiger partial charge in [0.05, 0.1) is 13.5 Å². The van der Waals surface area contributed by atoms with E-state index in [1.807, 2.05) is 0 Å². The van der Waals surface area contributed by atoms with E-state index < -0.39 is 0 Å². The van der Waals surface area contributed by atoms with Gasteiger partial charge in [-0.15, -0.1) is 0 Å². The summed E-state index contributed by atoms with van der Waals surface area (Å²) >= 11 is 0. The van der Waals surface area contributed by atoms with Crippen molar-refractivity contribution in [1.82, 2.24) is 5.32 Å². The molecule has 0 aliphatic heterocycles. The smallest absolute Gasteiger partial charge is 0.306 e. The Hall–Kier alpha value is -1.26. The van der Waals surface area contributed by atoms with E-state index in [0.717, 1.165) is 0 Å². The molecule has 1 N–H and O–H groups in total. The lowest BCUT2D eigenvalue weighted by molar-refractivity contribution is -0.140. The second kappa shape index (κ2) is 7.84. The molecule has 0 unspecified atom stereocenters. The minimum atomic E-state index is -0.244. The third-order valence-electron chi connectivity index (χ3n) is 1.19. The van der Waals surface area contributed by atoms with E-state index in [1.165, 1.54) is 7.11 Å². The van der Waals surface area contributed by atoms with Crippen molar-refractivity contribution in [1.29, 1.82) is 0 Å². The number of methoxy groups -OCH3 is 1. The van der Waals surface area contributed by atoms with Crippen LogP contribution < -0.4 is 5.32 Å². The maximum atomic E-state index is 10.6. The molecule has 6 heteroatoms. The molecule has 0 aromatic carbocycles. The lowest BCUT2D eigenvalue weighted by Crippen LogP contribution is -2.21. The van der Waals surface area contributed by atoms with Gasteiger partial charge in [0.25, 0.3) is 0 Å². The van der Waals surface area contributed by atoms with Crippen molar-refractivity contribution in [2.24, 2.45) is 5.11 Å². The Labute approximate surface area is 70.5 Å². The van der Waals surface area contributed by atoms with Gasteiger partial charge < -0.3 is 10.1 Å². The minimum Gasteiger partial charge on any atom is -0.469 e. The number of azide groups is 1. The third-order valence-corrected chi connectivity index (χ3v) is 1.19. The van der Waals surface area contributed by atoms with Crippen LogP contribution in [-0.2, 0) is 9.53 Å². The molecule has 0 aliphatic rings. The molecule has 0 fully saturated rings. The summed E-state index contributed by atoms with van der Waals surface area (Å²) in [5, 5.41) is 6.23. The second-order valence-corrected chi connectivity index (χ2v) is 2.03. The number of nitrogens with one attached hydrogen (secondary N) is 1. The van der Waals surface area contributed by atoms with E-state index in [4.69, 9.17) is 5.53 Å². The van der Waals surface area contributed by atoms with Gasteiger partial charge in [-0.05, 0) is 5.53 Å². The fraction of sp³-hybridized carbons (Fsp3) is 0.833. The number of carbonyl (C=O) groups excluding carboxylic acids is 1. The van der Waals surface area contributed by atoms with E-state index in [2.05, 4.69) is 20.1 Å². The zero-order valence-electron chi connectivity index (χ0n) is 6.99. The molecule has 0 radical (unpaired) electrons. The van der Waals surface area contributed by atoms with Crippen LogP contribution in [0.15, 0.2) is 5.11 Å². The van der Waals surface area contributed by atoms with Gasteiger partial charge in [-0.3, -0.25) is 4.79 Å². The molecular formula is C6H12N4O2. The number of carbonyl (C=O) groups is 1. The number of hydrogen-bond donors (Lipinski definition) is 1. The van der Waals surface area contributed by atoms with Crippen molar-refractivity contribution in [3.63, 3.8) is 0 Å². The summed E-state index contributed by atoms with van der Waals surface area (Å²) in [7, 11) is 1.35. The predicted molar refractivity (Wildman–Crippen MR) is 43.5 cm³/mol. The lowest BCUT2D eigenvalue weighted by atomic mass is 10.4. The summed E-state index contributed by atoms with van der Waals surface area (Å²) in [6.07, 6.45) is 0.340. The predicted octanol–water partition coefficient (Wildman–Crippen LogP) is 0.449. The first kappa shape index (κ1) is 10.7. The van der Waals surface area contributed by atoms with Gasteiger partial charge in [-0.1, -0.05) is 5.11 Å². The number of rotatable bonds is 6. The van der Waals surface area contributed by atoms with Gasteiger partial charge in [-0.25, -0.2) is 0 Å². The average molecular weight is 172 g/mol. The highest BCUT2D eigenvalue weighted by atomic mass is 16.5. The van der Waals surface area contributed by atoms with Gasteiger partial charge in [0.1, 0.15) is 0 Å². The van der Waals surface area contributed by atoms with Crippen LogP contribution >= 0.6 is 0 Å². The van der Waals surface area contributed by atoms with Crippen LogP contribution in [0.2, 0.25) is 0 Å². The zero-order valence-corrected chi connectivity index (χ0v) is 6.99. The quantitative estimate of drug-likeness (QED) is 0.207. The van der Waals surface area contributed by atoms with Crippen LogP contribution in [-0.4, -0.2) is 32.7 Å². The number of hydrogen-bond acceptors (Lipinski definition) is 4. The van der Waals surface area contributed by atoms with Gasteiger partial charge in [0, 0.05) is 24.5 Å². The first-order valence-corrected chi connectivity index (χ1v) is 3.59. The van der Waals surface area contributed by atoms with E-state index >= 15 is 0 Å². The van der Waals surface area contributed by atoms with Crippen molar-refractivity contribution in [2.75, 3.05) is 26.7 Å². The highest BCUT2D eigenvalue weighted by molar-refractivity contribution is 5.69. The Kier molecular flexibility index (Phi) is 7.02. The van der Waals surface area contributed by atoms with Crippen molar-refractivity contribution in [3.8, 4) is 0 Å². The average Bonchev–Trinajstić information content (AvgIpc) is 2.10. The maximum absolute atomic E-state index is 10.6. The molecule has 0 saturated carbocycles. The van der Waals surface area contributed by atoms with Crippen molar-refractivity contribution >= 4 is 5.97 Å². The Balaban J connectivity index is 3.10. The molecule has 0 rings (SSSR count). The summed E-state index contributed by atoms with van der Waals surface area (Å²) in [6, 6.07) is 0. The highest BCUT2D eigenvalue weighted by Crippen LogP contribution is 1.80. The normalized spacial score (nSPS) is 8.75. The molecule has 0 aromatic heterocycles. The number of ether oxygens (including phenoxy) is 1. The molecule has 0 atom stereocenters. The minimum absolute atomic E-state index is 0.244. The van der Waals surface area contributed by atoms with Gasteiger partial charge in [0.15, 0.2) is 0 Å². The topological polar surface area (TPSA) is 87.1 Å². The summed E-state index contributed by atoms with van der Waals surface area (Å²) in [4.78, 5) is 13.1.